The van der Waals surface area contributed by atoms with E-state index < -0.39 is 0 Å². The number of nitrogens with zero attached hydrogens (tertiary/aromatic N) is 2. The maximum absolute atomic E-state index is 4.29. The number of rotatable bonds is 15. The molecule has 0 aliphatic heterocycles. The molecule has 0 aliphatic carbocycles. The normalized spacial score (nSPS) is 13.9. The van der Waals surface area contributed by atoms with Crippen LogP contribution in [0.15, 0.2) is 0 Å². The zero-order valence-electron chi connectivity index (χ0n) is 15.6. The van der Waals surface area contributed by atoms with Gasteiger partial charge in [-0.05, 0) is 71.3 Å². The van der Waals surface area contributed by atoms with Crippen LogP contribution >= 0.6 is 12.6 Å². The van der Waals surface area contributed by atoms with E-state index in [2.05, 4.69) is 45.6 Å². The van der Waals surface area contributed by atoms with E-state index in [0.29, 0.717) is 0 Å². The van der Waals surface area contributed by atoms with Crippen LogP contribution < -0.4 is 17.0 Å². The Morgan fingerprint density at radius 1 is 0.773 bits per heavy atom. The largest absolute Gasteiger partial charge is 1.00 e. The highest BCUT2D eigenvalue weighted by Gasteiger charge is 2.19. The first-order chi connectivity index (χ1) is 10.0. The highest BCUT2D eigenvalue weighted by molar-refractivity contribution is 7.80. The Morgan fingerprint density at radius 3 is 1.73 bits per heavy atom. The first-order valence-corrected chi connectivity index (χ1v) is 9.76. The van der Waals surface area contributed by atoms with Crippen molar-refractivity contribution in [3.63, 3.8) is 0 Å². The number of quaternary nitrogens is 1. The van der Waals surface area contributed by atoms with Crippen molar-refractivity contribution in [2.75, 3.05) is 53.1 Å². The van der Waals surface area contributed by atoms with Crippen molar-refractivity contribution in [1.82, 2.24) is 4.90 Å². The zero-order chi connectivity index (χ0) is 16.0. The van der Waals surface area contributed by atoms with Gasteiger partial charge in [0.25, 0.3) is 0 Å². The fourth-order valence-electron chi connectivity index (χ4n) is 3.11. The average Bonchev–Trinajstić information content (AvgIpc) is 2.42. The lowest BCUT2D eigenvalue weighted by atomic mass is 10.1. The van der Waals surface area contributed by atoms with E-state index in [-0.39, 0.29) is 17.0 Å². The highest BCUT2D eigenvalue weighted by atomic mass is 79.9. The first kappa shape index (κ1) is 25.0. The maximum Gasteiger partial charge on any atom is 0.0784 e. The lowest BCUT2D eigenvalue weighted by Crippen LogP contribution is -3.00. The Bertz CT molecular complexity index is 227. The van der Waals surface area contributed by atoms with Gasteiger partial charge in [-0.15, -0.1) is 0 Å². The van der Waals surface area contributed by atoms with Gasteiger partial charge in [-0.3, -0.25) is 0 Å². The summed E-state index contributed by atoms with van der Waals surface area (Å²) < 4.78 is 1.30. The van der Waals surface area contributed by atoms with Gasteiger partial charge in [-0.2, -0.15) is 12.6 Å². The van der Waals surface area contributed by atoms with E-state index in [1.165, 1.54) is 88.4 Å². The summed E-state index contributed by atoms with van der Waals surface area (Å²) in [6, 6.07) is 0. The minimum Gasteiger partial charge on any atom is -1.00 e. The molecule has 0 fully saturated rings. The third-order valence-corrected chi connectivity index (χ3v) is 4.74. The molecule has 136 valence electrons. The number of unbranched alkanes of at least 4 members (excludes halogenated alkanes) is 6. The second-order valence-corrected chi connectivity index (χ2v) is 7.59. The van der Waals surface area contributed by atoms with Crippen molar-refractivity contribution in [3.05, 3.63) is 0 Å². The van der Waals surface area contributed by atoms with E-state index in [4.69, 9.17) is 0 Å². The van der Waals surface area contributed by atoms with Gasteiger partial charge >= 0.3 is 0 Å². The summed E-state index contributed by atoms with van der Waals surface area (Å²) in [6.45, 7) is 7.67. The van der Waals surface area contributed by atoms with Crippen molar-refractivity contribution in [2.45, 2.75) is 64.7 Å². The molecule has 0 heterocycles. The third kappa shape index (κ3) is 15.6. The van der Waals surface area contributed by atoms with Crippen LogP contribution in [0.5, 0.6) is 0 Å². The third-order valence-electron chi connectivity index (χ3n) is 4.42. The van der Waals surface area contributed by atoms with Crippen molar-refractivity contribution < 1.29 is 21.5 Å². The molecule has 0 aliphatic rings. The molecule has 0 aromatic carbocycles. The number of hydrogen-bond acceptors (Lipinski definition) is 2. The van der Waals surface area contributed by atoms with Gasteiger partial charge in [0, 0.05) is 0 Å². The van der Waals surface area contributed by atoms with Crippen molar-refractivity contribution in [3.8, 4) is 0 Å². The summed E-state index contributed by atoms with van der Waals surface area (Å²) >= 11 is 4.29. The van der Waals surface area contributed by atoms with Crippen molar-refractivity contribution >= 4 is 12.6 Å². The minimum absolute atomic E-state index is 0. The lowest BCUT2D eigenvalue weighted by Gasteiger charge is -2.34. The number of thiol groups is 1. The Labute approximate surface area is 156 Å². The molecule has 1 atom stereocenters. The van der Waals surface area contributed by atoms with Crippen molar-refractivity contribution in [2.24, 2.45) is 0 Å². The molecular weight excluding hydrogens is 356 g/mol. The number of halogens is 1. The molecule has 0 radical (unpaired) electrons. The van der Waals surface area contributed by atoms with Gasteiger partial charge in [0.15, 0.2) is 0 Å². The summed E-state index contributed by atoms with van der Waals surface area (Å²) in [5, 5.41) is 0. The predicted octanol–water partition coefficient (Wildman–Crippen LogP) is 1.46. The van der Waals surface area contributed by atoms with E-state index in [9.17, 15) is 0 Å². The fourth-order valence-corrected chi connectivity index (χ4v) is 3.33. The summed E-state index contributed by atoms with van der Waals surface area (Å²) in [7, 11) is 6.81. The Kier molecular flexibility index (Phi) is 18.9. The molecule has 0 rings (SSSR count). The molecule has 0 spiro atoms. The van der Waals surface area contributed by atoms with E-state index in [0.717, 1.165) is 5.75 Å². The molecular formula is C18H41BrN2S. The Morgan fingerprint density at radius 2 is 1.27 bits per heavy atom. The summed E-state index contributed by atoms with van der Waals surface area (Å²) in [5.74, 6) is 1.05. The van der Waals surface area contributed by atoms with Crippen LogP contribution in [0.25, 0.3) is 0 Å². The van der Waals surface area contributed by atoms with Crippen LogP contribution in [0.4, 0.5) is 0 Å². The van der Waals surface area contributed by atoms with Gasteiger partial charge < -0.3 is 26.4 Å². The SMILES string of the molecule is CCC[N+](C)(CCCCCCS)CCCCCCN(C)C.[Br-]. The average molecular weight is 398 g/mol. The first-order valence-electron chi connectivity index (χ1n) is 9.13. The predicted molar refractivity (Wildman–Crippen MR) is 100 cm³/mol. The van der Waals surface area contributed by atoms with Gasteiger partial charge in [0.05, 0.1) is 26.7 Å². The molecule has 0 saturated carbocycles. The van der Waals surface area contributed by atoms with E-state index in [1.807, 2.05) is 0 Å². The fraction of sp³-hybridized carbons (Fsp3) is 1.00. The standard InChI is InChI=1S/C18H40N2S.BrH/c1-5-15-20(4,17-12-8-9-13-18-21)16-11-7-6-10-14-19(2)3;/h5-18H2,1-4H3;1H. The summed E-state index contributed by atoms with van der Waals surface area (Å²) in [4.78, 5) is 2.29. The smallest absolute Gasteiger partial charge is 0.0784 e. The van der Waals surface area contributed by atoms with Crippen LogP contribution in [0.1, 0.15) is 64.7 Å². The molecule has 1 unspecified atom stereocenters. The van der Waals surface area contributed by atoms with Crippen LogP contribution in [0, 0.1) is 0 Å². The summed E-state index contributed by atoms with van der Waals surface area (Å²) in [5.41, 5.74) is 0. The molecule has 0 amide bonds. The second-order valence-electron chi connectivity index (χ2n) is 7.15. The topological polar surface area (TPSA) is 3.24 Å². The van der Waals surface area contributed by atoms with Crippen LogP contribution in [-0.4, -0.2) is 62.5 Å². The summed E-state index contributed by atoms with van der Waals surface area (Å²) in [6.07, 6.45) is 12.3. The number of hydrogen-bond donors (Lipinski definition) is 1. The van der Waals surface area contributed by atoms with Crippen LogP contribution in [0.3, 0.4) is 0 Å². The zero-order valence-corrected chi connectivity index (χ0v) is 18.1. The van der Waals surface area contributed by atoms with E-state index >= 15 is 0 Å². The molecule has 0 bridgehead atoms. The lowest BCUT2D eigenvalue weighted by molar-refractivity contribution is -0.910. The quantitative estimate of drug-likeness (QED) is 0.249. The monoisotopic (exact) mass is 396 g/mol. The molecule has 22 heavy (non-hydrogen) atoms. The molecule has 0 aromatic rings. The van der Waals surface area contributed by atoms with Gasteiger partial charge in [0.1, 0.15) is 0 Å². The molecule has 2 nitrogen and oxygen atoms in total. The Balaban J connectivity index is 0. The molecule has 0 aromatic heterocycles. The van der Waals surface area contributed by atoms with Crippen LogP contribution in [-0.2, 0) is 0 Å². The van der Waals surface area contributed by atoms with Crippen LogP contribution in [0.2, 0.25) is 0 Å². The minimum atomic E-state index is 0. The Hall–Kier alpha value is 0.750. The molecule has 4 heteroatoms. The van der Waals surface area contributed by atoms with Crippen molar-refractivity contribution in [1.29, 1.82) is 0 Å². The van der Waals surface area contributed by atoms with Gasteiger partial charge in [-0.25, -0.2) is 0 Å². The maximum atomic E-state index is 4.29. The highest BCUT2D eigenvalue weighted by Crippen LogP contribution is 2.13. The molecule has 0 N–H and O–H groups in total. The van der Waals surface area contributed by atoms with Gasteiger partial charge in [0.2, 0.25) is 0 Å². The van der Waals surface area contributed by atoms with Gasteiger partial charge in [-0.1, -0.05) is 19.8 Å². The van der Waals surface area contributed by atoms with E-state index in [1.54, 1.807) is 0 Å². The second kappa shape index (κ2) is 16.6. The molecule has 0 saturated heterocycles.